The fourth-order valence-electron chi connectivity index (χ4n) is 3.09. The molecular formula is C20H20ClF3N4O3S. The second-order valence-corrected chi connectivity index (χ2v) is 9.82. The Balaban J connectivity index is 1.75. The van der Waals surface area contributed by atoms with Crippen LogP contribution >= 0.6 is 11.6 Å². The Labute approximate surface area is 187 Å². The van der Waals surface area contributed by atoms with Crippen LogP contribution in [-0.2, 0) is 34.5 Å². The van der Waals surface area contributed by atoms with E-state index in [0.29, 0.717) is 16.9 Å². The molecule has 7 nitrogen and oxygen atoms in total. The van der Waals surface area contributed by atoms with E-state index in [1.165, 1.54) is 32.3 Å². The smallest absolute Gasteiger partial charge is 0.331 e. The predicted molar refractivity (Wildman–Crippen MR) is 115 cm³/mol. The van der Waals surface area contributed by atoms with E-state index in [0.717, 1.165) is 16.4 Å². The first-order chi connectivity index (χ1) is 14.8. The van der Waals surface area contributed by atoms with Crippen LogP contribution in [-0.4, -0.2) is 42.3 Å². The van der Waals surface area contributed by atoms with Gasteiger partial charge in [0.05, 0.1) is 26.5 Å². The minimum atomic E-state index is -4.64. The number of hydrogen-bond acceptors (Lipinski definition) is 4. The summed E-state index contributed by atoms with van der Waals surface area (Å²) in [5, 5.41) is 1.97. The number of anilines is 1. The van der Waals surface area contributed by atoms with Gasteiger partial charge in [0, 0.05) is 39.7 Å². The molecule has 2 aromatic carbocycles. The van der Waals surface area contributed by atoms with Crippen LogP contribution in [0.5, 0.6) is 0 Å². The Kier molecular flexibility index (Phi) is 6.55. The maximum Gasteiger partial charge on any atom is 0.417 e. The molecule has 32 heavy (non-hydrogen) atoms. The van der Waals surface area contributed by atoms with Crippen molar-refractivity contribution in [1.29, 1.82) is 0 Å². The Morgan fingerprint density at radius 3 is 2.50 bits per heavy atom. The largest absolute Gasteiger partial charge is 0.417 e. The summed E-state index contributed by atoms with van der Waals surface area (Å²) in [4.78, 5) is 16.8. The van der Waals surface area contributed by atoms with E-state index in [9.17, 15) is 26.4 Å². The van der Waals surface area contributed by atoms with Crippen LogP contribution in [0.1, 0.15) is 17.8 Å². The molecule has 0 fully saturated rings. The van der Waals surface area contributed by atoms with Crippen molar-refractivity contribution in [2.24, 2.45) is 7.05 Å². The molecule has 1 aromatic heterocycles. The number of amides is 1. The van der Waals surface area contributed by atoms with Gasteiger partial charge in [-0.1, -0.05) is 11.6 Å². The number of alkyl halides is 3. The lowest BCUT2D eigenvalue weighted by Crippen LogP contribution is -2.22. The monoisotopic (exact) mass is 488 g/mol. The molecule has 0 aliphatic carbocycles. The zero-order valence-corrected chi connectivity index (χ0v) is 18.9. The minimum Gasteiger partial charge on any atom is -0.331 e. The van der Waals surface area contributed by atoms with Gasteiger partial charge in [-0.2, -0.15) is 13.2 Å². The van der Waals surface area contributed by atoms with Gasteiger partial charge in [0.15, 0.2) is 0 Å². The van der Waals surface area contributed by atoms with Gasteiger partial charge in [-0.05, 0) is 36.4 Å². The van der Waals surface area contributed by atoms with E-state index >= 15 is 0 Å². The van der Waals surface area contributed by atoms with Crippen LogP contribution in [0.4, 0.5) is 18.9 Å². The van der Waals surface area contributed by atoms with Crippen molar-refractivity contribution in [3.8, 4) is 0 Å². The van der Waals surface area contributed by atoms with E-state index in [2.05, 4.69) is 10.3 Å². The summed E-state index contributed by atoms with van der Waals surface area (Å²) in [6.07, 6.45) is -4.47. The quantitative estimate of drug-likeness (QED) is 0.567. The van der Waals surface area contributed by atoms with Crippen molar-refractivity contribution in [3.63, 3.8) is 0 Å². The summed E-state index contributed by atoms with van der Waals surface area (Å²) in [5.41, 5.74) is 0.0926. The second kappa shape index (κ2) is 8.72. The molecule has 3 rings (SSSR count). The van der Waals surface area contributed by atoms with Crippen molar-refractivity contribution in [1.82, 2.24) is 13.9 Å². The number of hydrogen-bond donors (Lipinski definition) is 1. The summed E-state index contributed by atoms with van der Waals surface area (Å²) in [6.45, 7) is 0. The van der Waals surface area contributed by atoms with Crippen LogP contribution in [0.25, 0.3) is 11.0 Å². The molecule has 0 aliphatic rings. The fourth-order valence-corrected chi connectivity index (χ4v) is 4.24. The normalized spacial score (nSPS) is 12.5. The van der Waals surface area contributed by atoms with Crippen LogP contribution in [0.15, 0.2) is 41.3 Å². The SMILES string of the molecule is CN(C)S(=O)(=O)c1ccc2c(c1)nc(CCC(=O)Nc1ccc(Cl)c(C(F)(F)F)c1)n2C. The number of benzene rings is 2. The molecular weight excluding hydrogens is 469 g/mol. The van der Waals surface area contributed by atoms with Crippen molar-refractivity contribution >= 4 is 44.3 Å². The molecule has 0 atom stereocenters. The molecule has 0 saturated heterocycles. The number of aryl methyl sites for hydroxylation is 2. The van der Waals surface area contributed by atoms with Crippen molar-refractivity contribution in [2.75, 3.05) is 19.4 Å². The number of carbonyl (C=O) groups is 1. The first-order valence-corrected chi connectivity index (χ1v) is 11.2. The van der Waals surface area contributed by atoms with Crippen LogP contribution in [0, 0.1) is 0 Å². The summed E-state index contributed by atoms with van der Waals surface area (Å²) in [7, 11) is 0.976. The molecule has 3 aromatic rings. The number of halogens is 4. The minimum absolute atomic E-state index is 0.0183. The highest BCUT2D eigenvalue weighted by Crippen LogP contribution is 2.36. The summed E-state index contributed by atoms with van der Waals surface area (Å²) in [6, 6.07) is 7.72. The highest BCUT2D eigenvalue weighted by atomic mass is 35.5. The highest BCUT2D eigenvalue weighted by Gasteiger charge is 2.33. The zero-order chi connectivity index (χ0) is 23.8. The van der Waals surface area contributed by atoms with Crippen LogP contribution < -0.4 is 5.32 Å². The third-order valence-electron chi connectivity index (χ3n) is 4.85. The third-order valence-corrected chi connectivity index (χ3v) is 7.00. The number of carbonyl (C=O) groups excluding carboxylic acids is 1. The molecule has 0 aliphatic heterocycles. The zero-order valence-electron chi connectivity index (χ0n) is 17.4. The van der Waals surface area contributed by atoms with Gasteiger partial charge in [-0.3, -0.25) is 4.79 Å². The molecule has 1 N–H and O–H groups in total. The summed E-state index contributed by atoms with van der Waals surface area (Å²) >= 11 is 5.59. The summed E-state index contributed by atoms with van der Waals surface area (Å²) in [5.74, 6) is 0.0324. The van der Waals surface area contributed by atoms with Crippen molar-refractivity contribution in [2.45, 2.75) is 23.9 Å². The second-order valence-electron chi connectivity index (χ2n) is 7.27. The number of nitrogens with one attached hydrogen (secondary N) is 1. The van der Waals surface area contributed by atoms with Gasteiger partial charge >= 0.3 is 6.18 Å². The topological polar surface area (TPSA) is 84.3 Å². The van der Waals surface area contributed by atoms with E-state index in [1.807, 2.05) is 0 Å². The number of imidazole rings is 1. The van der Waals surface area contributed by atoms with Gasteiger partial charge in [0.1, 0.15) is 5.82 Å². The van der Waals surface area contributed by atoms with E-state index in [-0.39, 0.29) is 23.4 Å². The Hall–Kier alpha value is -2.63. The predicted octanol–water partition coefficient (Wildman–Crippen LogP) is 4.07. The standard InChI is InChI=1S/C20H20ClF3N4O3S/c1-27(2)32(30,31)13-5-7-17-16(11-13)26-18(28(17)3)8-9-19(29)25-12-4-6-15(21)14(10-12)20(22,23)24/h4-7,10-11H,8-9H2,1-3H3,(H,25,29). The molecule has 12 heteroatoms. The van der Waals surface area contributed by atoms with E-state index < -0.39 is 32.7 Å². The van der Waals surface area contributed by atoms with Gasteiger partial charge in [-0.25, -0.2) is 17.7 Å². The average Bonchev–Trinajstić information content (AvgIpc) is 3.02. The number of fused-ring (bicyclic) bond motifs is 1. The molecule has 1 heterocycles. The van der Waals surface area contributed by atoms with Crippen LogP contribution in [0.2, 0.25) is 5.02 Å². The highest BCUT2D eigenvalue weighted by molar-refractivity contribution is 7.89. The first-order valence-electron chi connectivity index (χ1n) is 9.35. The molecule has 0 radical (unpaired) electrons. The maximum absolute atomic E-state index is 13.0. The van der Waals surface area contributed by atoms with Gasteiger partial charge in [-0.15, -0.1) is 0 Å². The lowest BCUT2D eigenvalue weighted by molar-refractivity contribution is -0.137. The van der Waals surface area contributed by atoms with Gasteiger partial charge in [0.2, 0.25) is 15.9 Å². The molecule has 172 valence electrons. The molecule has 0 unspecified atom stereocenters. The average molecular weight is 489 g/mol. The maximum atomic E-state index is 13.0. The molecule has 1 amide bonds. The molecule has 0 saturated carbocycles. The van der Waals surface area contributed by atoms with Crippen molar-refractivity contribution < 1.29 is 26.4 Å². The van der Waals surface area contributed by atoms with Crippen molar-refractivity contribution in [3.05, 3.63) is 52.8 Å². The summed E-state index contributed by atoms with van der Waals surface area (Å²) < 4.78 is 66.4. The Morgan fingerprint density at radius 2 is 1.88 bits per heavy atom. The Bertz CT molecular complexity index is 1290. The number of sulfonamides is 1. The fraction of sp³-hybridized carbons (Fsp3) is 0.300. The van der Waals surface area contributed by atoms with Crippen LogP contribution in [0.3, 0.4) is 0 Å². The first kappa shape index (κ1) is 24.0. The lowest BCUT2D eigenvalue weighted by atomic mass is 10.2. The van der Waals surface area contributed by atoms with Gasteiger partial charge < -0.3 is 9.88 Å². The lowest BCUT2D eigenvalue weighted by Gasteiger charge is -2.11. The number of aromatic nitrogens is 2. The number of nitrogens with zero attached hydrogens (tertiary/aromatic N) is 3. The Morgan fingerprint density at radius 1 is 1.19 bits per heavy atom. The molecule has 0 spiro atoms. The van der Waals surface area contributed by atoms with E-state index in [1.54, 1.807) is 17.7 Å². The molecule has 0 bridgehead atoms. The third kappa shape index (κ3) is 4.89. The number of rotatable bonds is 6. The van der Waals surface area contributed by atoms with Gasteiger partial charge in [0.25, 0.3) is 0 Å². The van der Waals surface area contributed by atoms with E-state index in [4.69, 9.17) is 11.6 Å².